The fourth-order valence-corrected chi connectivity index (χ4v) is 0.968. The van der Waals surface area contributed by atoms with E-state index in [1.54, 1.807) is 7.11 Å². The van der Waals surface area contributed by atoms with Crippen LogP contribution in [-0.4, -0.2) is 38.9 Å². The zero-order chi connectivity index (χ0) is 10.1. The van der Waals surface area contributed by atoms with Gasteiger partial charge in [0.2, 0.25) is 0 Å². The van der Waals surface area contributed by atoms with Crippen LogP contribution in [0, 0.1) is 0 Å². The van der Waals surface area contributed by atoms with Gasteiger partial charge in [-0.15, -0.1) is 0 Å². The molecule has 78 valence electrons. The van der Waals surface area contributed by atoms with Gasteiger partial charge in [0.25, 0.3) is 0 Å². The number of hydrogen-bond acceptors (Lipinski definition) is 4. The number of hydrogen-bond donors (Lipinski definition) is 1. The predicted octanol–water partition coefficient (Wildman–Crippen LogP) is 0.564. The normalized spacial score (nSPS) is 12.5. The molecule has 0 spiro atoms. The summed E-state index contributed by atoms with van der Waals surface area (Å²) in [5.41, 5.74) is 0. The molecule has 4 nitrogen and oxygen atoms in total. The molecule has 0 aliphatic heterocycles. The van der Waals surface area contributed by atoms with E-state index in [0.29, 0.717) is 19.6 Å². The Balaban J connectivity index is 3.38. The number of methoxy groups -OCH3 is 1. The van der Waals surface area contributed by atoms with Crippen molar-refractivity contribution in [1.82, 2.24) is 5.32 Å². The maximum absolute atomic E-state index is 11.1. The first-order valence-corrected chi connectivity index (χ1v) is 4.58. The molecule has 1 unspecified atom stereocenters. The van der Waals surface area contributed by atoms with Crippen LogP contribution in [0.5, 0.6) is 0 Å². The van der Waals surface area contributed by atoms with Crippen molar-refractivity contribution in [1.29, 1.82) is 0 Å². The minimum Gasteiger partial charge on any atom is -0.463 e. The number of esters is 1. The van der Waals surface area contributed by atoms with Gasteiger partial charge in [0, 0.05) is 13.2 Å². The molecule has 0 rings (SSSR count). The van der Waals surface area contributed by atoms with Crippen LogP contribution in [0.4, 0.5) is 0 Å². The largest absolute Gasteiger partial charge is 0.463 e. The maximum atomic E-state index is 11.1. The van der Waals surface area contributed by atoms with E-state index in [1.807, 2.05) is 13.8 Å². The summed E-state index contributed by atoms with van der Waals surface area (Å²) in [5, 5.41) is 3.13. The fraction of sp³-hybridized carbons (Fsp3) is 0.889. The Morgan fingerprint density at radius 3 is 2.69 bits per heavy atom. The van der Waals surface area contributed by atoms with Gasteiger partial charge < -0.3 is 14.8 Å². The lowest BCUT2D eigenvalue weighted by Crippen LogP contribution is -2.29. The monoisotopic (exact) mass is 189 g/mol. The van der Waals surface area contributed by atoms with Crippen molar-refractivity contribution in [3.63, 3.8) is 0 Å². The topological polar surface area (TPSA) is 47.6 Å². The highest BCUT2D eigenvalue weighted by Crippen LogP contribution is 1.93. The van der Waals surface area contributed by atoms with E-state index in [1.165, 1.54) is 0 Å². The van der Waals surface area contributed by atoms with Crippen molar-refractivity contribution in [2.45, 2.75) is 26.3 Å². The van der Waals surface area contributed by atoms with Crippen LogP contribution >= 0.6 is 0 Å². The molecule has 0 bridgehead atoms. The van der Waals surface area contributed by atoms with E-state index in [9.17, 15) is 4.79 Å². The highest BCUT2D eigenvalue weighted by Gasteiger charge is 2.08. The minimum atomic E-state index is -0.175. The van der Waals surface area contributed by atoms with Gasteiger partial charge in [-0.3, -0.25) is 4.79 Å². The van der Waals surface area contributed by atoms with Crippen LogP contribution in [0.15, 0.2) is 0 Å². The van der Waals surface area contributed by atoms with Gasteiger partial charge in [-0.25, -0.2) is 0 Å². The molecule has 0 heterocycles. The van der Waals surface area contributed by atoms with Crippen molar-refractivity contribution in [2.24, 2.45) is 0 Å². The van der Waals surface area contributed by atoms with Crippen LogP contribution < -0.4 is 5.32 Å². The molecule has 0 aromatic carbocycles. The molecule has 0 saturated carbocycles. The van der Waals surface area contributed by atoms with Crippen molar-refractivity contribution in [3.8, 4) is 0 Å². The fourth-order valence-electron chi connectivity index (χ4n) is 0.968. The van der Waals surface area contributed by atoms with E-state index >= 15 is 0 Å². The molecule has 0 aromatic rings. The van der Waals surface area contributed by atoms with Gasteiger partial charge in [-0.2, -0.15) is 0 Å². The van der Waals surface area contributed by atoms with Crippen LogP contribution in [0.1, 0.15) is 20.3 Å². The molecule has 4 heteroatoms. The van der Waals surface area contributed by atoms with Crippen molar-refractivity contribution in [2.75, 3.05) is 26.9 Å². The number of ether oxygens (including phenoxy) is 2. The summed E-state index contributed by atoms with van der Waals surface area (Å²) >= 11 is 0. The third-order valence-electron chi connectivity index (χ3n) is 1.58. The third-order valence-corrected chi connectivity index (χ3v) is 1.58. The Kier molecular flexibility index (Phi) is 7.63. The average molecular weight is 189 g/mol. The maximum Gasteiger partial charge on any atom is 0.307 e. The summed E-state index contributed by atoms with van der Waals surface area (Å²) in [6.45, 7) is 5.63. The molecular formula is C9H19NO3. The first-order valence-electron chi connectivity index (χ1n) is 4.58. The summed E-state index contributed by atoms with van der Waals surface area (Å²) in [6, 6.07) is 0.181. The third kappa shape index (κ3) is 7.74. The Hall–Kier alpha value is -0.610. The summed E-state index contributed by atoms with van der Waals surface area (Å²) in [6.07, 6.45) is 0.414. The number of carbonyl (C=O) groups excluding carboxylic acids is 1. The summed E-state index contributed by atoms with van der Waals surface area (Å²) < 4.78 is 9.65. The minimum absolute atomic E-state index is 0.175. The summed E-state index contributed by atoms with van der Waals surface area (Å²) in [5.74, 6) is -0.175. The standard InChI is InChI=1S/C9H19NO3/c1-4-10-8(2)7-9(11)13-6-5-12-3/h8,10H,4-7H2,1-3H3. The number of nitrogens with one attached hydrogen (secondary N) is 1. The first-order chi connectivity index (χ1) is 6.20. The average Bonchev–Trinajstić information content (AvgIpc) is 2.05. The van der Waals surface area contributed by atoms with E-state index in [2.05, 4.69) is 5.32 Å². The predicted molar refractivity (Wildman–Crippen MR) is 50.6 cm³/mol. The van der Waals surface area contributed by atoms with Crippen LogP contribution in [0.3, 0.4) is 0 Å². The van der Waals surface area contributed by atoms with E-state index < -0.39 is 0 Å². The summed E-state index contributed by atoms with van der Waals surface area (Å²) in [4.78, 5) is 11.1. The van der Waals surface area contributed by atoms with Crippen molar-refractivity contribution >= 4 is 5.97 Å². The molecule has 0 aromatic heterocycles. The zero-order valence-electron chi connectivity index (χ0n) is 8.63. The Bertz CT molecular complexity index is 139. The number of rotatable bonds is 7. The molecule has 0 amide bonds. The van der Waals surface area contributed by atoms with Gasteiger partial charge >= 0.3 is 5.97 Å². The van der Waals surface area contributed by atoms with Gasteiger partial charge in [-0.1, -0.05) is 6.92 Å². The van der Waals surface area contributed by atoms with Gasteiger partial charge in [-0.05, 0) is 13.5 Å². The second-order valence-electron chi connectivity index (χ2n) is 2.88. The lowest BCUT2D eigenvalue weighted by molar-refractivity contribution is -0.145. The van der Waals surface area contributed by atoms with Gasteiger partial charge in [0.05, 0.1) is 13.0 Å². The van der Waals surface area contributed by atoms with Crippen molar-refractivity contribution in [3.05, 3.63) is 0 Å². The molecule has 0 saturated heterocycles. The Morgan fingerprint density at radius 2 is 2.15 bits per heavy atom. The molecule has 0 aliphatic carbocycles. The molecule has 0 fully saturated rings. The lowest BCUT2D eigenvalue weighted by atomic mass is 10.2. The first kappa shape index (κ1) is 12.4. The number of carbonyl (C=O) groups is 1. The second kappa shape index (κ2) is 8.01. The second-order valence-corrected chi connectivity index (χ2v) is 2.88. The quantitative estimate of drug-likeness (QED) is 0.469. The van der Waals surface area contributed by atoms with E-state index in [4.69, 9.17) is 9.47 Å². The van der Waals surface area contributed by atoms with Crippen LogP contribution in [0.25, 0.3) is 0 Å². The zero-order valence-corrected chi connectivity index (χ0v) is 8.63. The van der Waals surface area contributed by atoms with Gasteiger partial charge in [0.15, 0.2) is 0 Å². The molecule has 0 radical (unpaired) electrons. The van der Waals surface area contributed by atoms with Gasteiger partial charge in [0.1, 0.15) is 6.61 Å². The lowest BCUT2D eigenvalue weighted by Gasteiger charge is -2.11. The smallest absolute Gasteiger partial charge is 0.307 e. The van der Waals surface area contributed by atoms with Crippen LogP contribution in [-0.2, 0) is 14.3 Å². The molecule has 1 N–H and O–H groups in total. The summed E-state index contributed by atoms with van der Waals surface area (Å²) in [7, 11) is 1.58. The van der Waals surface area contributed by atoms with E-state index in [-0.39, 0.29) is 12.0 Å². The van der Waals surface area contributed by atoms with E-state index in [0.717, 1.165) is 6.54 Å². The highest BCUT2D eigenvalue weighted by molar-refractivity contribution is 5.70. The Labute approximate surface area is 79.6 Å². The van der Waals surface area contributed by atoms with Crippen molar-refractivity contribution < 1.29 is 14.3 Å². The van der Waals surface area contributed by atoms with Crippen LogP contribution in [0.2, 0.25) is 0 Å². The molecule has 0 aliphatic rings. The molecular weight excluding hydrogens is 170 g/mol. The SMILES string of the molecule is CCNC(C)CC(=O)OCCOC. The Morgan fingerprint density at radius 1 is 1.46 bits per heavy atom. The highest BCUT2D eigenvalue weighted by atomic mass is 16.6. The molecule has 1 atom stereocenters. The molecule has 13 heavy (non-hydrogen) atoms.